The molecule has 0 bridgehead atoms. The van der Waals surface area contributed by atoms with Crippen LogP contribution < -0.4 is 5.32 Å². The highest BCUT2D eigenvalue weighted by molar-refractivity contribution is 9.09. The van der Waals surface area contributed by atoms with Gasteiger partial charge in [0.05, 0.1) is 0 Å². The number of rotatable bonds is 1. The Morgan fingerprint density at radius 1 is 1.33 bits per heavy atom. The van der Waals surface area contributed by atoms with Crippen LogP contribution in [0.2, 0.25) is 0 Å². The standard InChI is InChI=1S/C4H9NS3.ClH/c1-5-4-2-6-8-7-3-4;/h4-5H,2-3H2,1H3;1H. The normalized spacial score (nSPS) is 21.0. The lowest BCUT2D eigenvalue weighted by molar-refractivity contribution is 0.688. The summed E-state index contributed by atoms with van der Waals surface area (Å²) in [5.41, 5.74) is 0. The summed E-state index contributed by atoms with van der Waals surface area (Å²) in [5, 5.41) is 3.25. The molecule has 1 heterocycles. The van der Waals surface area contributed by atoms with Gasteiger partial charge < -0.3 is 5.32 Å². The Morgan fingerprint density at radius 2 is 1.89 bits per heavy atom. The fraction of sp³-hybridized carbons (Fsp3) is 1.00. The lowest BCUT2D eigenvalue weighted by Crippen LogP contribution is -2.30. The van der Waals surface area contributed by atoms with Gasteiger partial charge in [0.1, 0.15) is 0 Å². The molecule has 5 heteroatoms. The molecular weight excluding hydrogens is 194 g/mol. The summed E-state index contributed by atoms with van der Waals surface area (Å²) in [6, 6.07) is 0.742. The van der Waals surface area contributed by atoms with Gasteiger partial charge >= 0.3 is 0 Å². The zero-order valence-electron chi connectivity index (χ0n) is 5.12. The van der Waals surface area contributed by atoms with E-state index in [1.807, 2.05) is 38.5 Å². The summed E-state index contributed by atoms with van der Waals surface area (Å²) in [5.74, 6) is 2.52. The summed E-state index contributed by atoms with van der Waals surface area (Å²) in [6.45, 7) is 0. The molecule has 0 aromatic rings. The molecule has 1 rings (SSSR count). The highest BCUT2D eigenvalue weighted by Crippen LogP contribution is 2.39. The molecule has 56 valence electrons. The second-order valence-corrected chi connectivity index (χ2v) is 5.94. The third-order valence-electron chi connectivity index (χ3n) is 1.04. The van der Waals surface area contributed by atoms with Gasteiger partial charge in [0.2, 0.25) is 0 Å². The van der Waals surface area contributed by atoms with Gasteiger partial charge in [-0.25, -0.2) is 0 Å². The molecule has 9 heavy (non-hydrogen) atoms. The number of halogens is 1. The molecule has 0 spiro atoms. The van der Waals surface area contributed by atoms with Crippen molar-refractivity contribution in [1.82, 2.24) is 5.32 Å². The van der Waals surface area contributed by atoms with E-state index in [0.29, 0.717) is 0 Å². The Balaban J connectivity index is 0.000000640. The van der Waals surface area contributed by atoms with Crippen LogP contribution in [0.15, 0.2) is 0 Å². The minimum absolute atomic E-state index is 0. The predicted octanol–water partition coefficient (Wildman–Crippen LogP) is 2.04. The van der Waals surface area contributed by atoms with Gasteiger partial charge in [0.25, 0.3) is 0 Å². The largest absolute Gasteiger partial charge is 0.315 e. The SMILES string of the molecule is CNC1CSSSC1.Cl. The summed E-state index contributed by atoms with van der Waals surface area (Å²) < 4.78 is 0. The highest BCUT2D eigenvalue weighted by atomic mass is 35.5. The van der Waals surface area contributed by atoms with Gasteiger partial charge in [-0.1, -0.05) is 21.6 Å². The summed E-state index contributed by atoms with van der Waals surface area (Å²) in [6.07, 6.45) is 0. The molecule has 1 N–H and O–H groups in total. The minimum atomic E-state index is 0. The second kappa shape index (κ2) is 6.04. The molecule has 1 nitrogen and oxygen atoms in total. The van der Waals surface area contributed by atoms with Crippen LogP contribution in [0.1, 0.15) is 0 Å². The zero-order chi connectivity index (χ0) is 5.82. The predicted molar refractivity (Wildman–Crippen MR) is 52.6 cm³/mol. The van der Waals surface area contributed by atoms with Crippen molar-refractivity contribution in [2.45, 2.75) is 6.04 Å². The van der Waals surface area contributed by atoms with E-state index in [1.54, 1.807) is 0 Å². The Kier molecular flexibility index (Phi) is 6.91. The molecule has 0 atom stereocenters. The fourth-order valence-electron chi connectivity index (χ4n) is 0.469. The van der Waals surface area contributed by atoms with Crippen LogP contribution in [0.4, 0.5) is 0 Å². The van der Waals surface area contributed by atoms with E-state index in [2.05, 4.69) is 5.32 Å². The maximum Gasteiger partial charge on any atom is 0.0263 e. The number of hydrogen-bond acceptors (Lipinski definition) is 4. The maximum atomic E-state index is 3.25. The monoisotopic (exact) mass is 203 g/mol. The number of nitrogens with one attached hydrogen (secondary N) is 1. The Hall–Kier alpha value is 1.30. The Morgan fingerprint density at radius 3 is 2.22 bits per heavy atom. The van der Waals surface area contributed by atoms with Crippen molar-refractivity contribution in [2.24, 2.45) is 0 Å². The van der Waals surface area contributed by atoms with Crippen molar-refractivity contribution >= 4 is 43.8 Å². The van der Waals surface area contributed by atoms with Gasteiger partial charge in [0, 0.05) is 17.5 Å². The number of hydrogen-bond donors (Lipinski definition) is 1. The van der Waals surface area contributed by atoms with Crippen molar-refractivity contribution in [3.05, 3.63) is 0 Å². The molecule has 1 saturated heterocycles. The lowest BCUT2D eigenvalue weighted by atomic mass is 10.4. The average Bonchev–Trinajstić information content (AvgIpc) is 1.90. The summed E-state index contributed by atoms with van der Waals surface area (Å²) >= 11 is 0. The maximum absolute atomic E-state index is 3.25. The van der Waals surface area contributed by atoms with Crippen LogP contribution >= 0.6 is 43.8 Å². The third kappa shape index (κ3) is 3.88. The van der Waals surface area contributed by atoms with E-state index in [-0.39, 0.29) is 12.4 Å². The van der Waals surface area contributed by atoms with E-state index in [9.17, 15) is 0 Å². The second-order valence-electron chi connectivity index (χ2n) is 1.62. The molecule has 0 amide bonds. The van der Waals surface area contributed by atoms with Crippen molar-refractivity contribution in [1.29, 1.82) is 0 Å². The van der Waals surface area contributed by atoms with Crippen molar-refractivity contribution < 1.29 is 0 Å². The minimum Gasteiger partial charge on any atom is -0.315 e. The summed E-state index contributed by atoms with van der Waals surface area (Å²) in [7, 11) is 7.83. The Bertz CT molecular complexity index is 66.8. The molecule has 0 aliphatic carbocycles. The fourth-order valence-corrected chi connectivity index (χ4v) is 4.83. The quantitative estimate of drug-likeness (QED) is 0.655. The molecule has 0 aromatic heterocycles. The summed E-state index contributed by atoms with van der Waals surface area (Å²) in [4.78, 5) is 0. The van der Waals surface area contributed by atoms with Crippen LogP contribution in [0.25, 0.3) is 0 Å². The van der Waals surface area contributed by atoms with Crippen molar-refractivity contribution in [2.75, 3.05) is 18.6 Å². The molecule has 1 fully saturated rings. The van der Waals surface area contributed by atoms with E-state index in [0.717, 1.165) is 6.04 Å². The zero-order valence-corrected chi connectivity index (χ0v) is 8.39. The smallest absolute Gasteiger partial charge is 0.0263 e. The third-order valence-corrected chi connectivity index (χ3v) is 5.44. The molecule has 1 aliphatic heterocycles. The van der Waals surface area contributed by atoms with Crippen LogP contribution in [0, 0.1) is 0 Å². The van der Waals surface area contributed by atoms with E-state index < -0.39 is 0 Å². The molecule has 0 saturated carbocycles. The van der Waals surface area contributed by atoms with Gasteiger partial charge in [-0.3, -0.25) is 0 Å². The lowest BCUT2D eigenvalue weighted by Gasteiger charge is -2.18. The first-order valence-electron chi connectivity index (χ1n) is 2.52. The van der Waals surface area contributed by atoms with Gasteiger partial charge in [0.15, 0.2) is 0 Å². The van der Waals surface area contributed by atoms with Crippen LogP contribution in [-0.2, 0) is 0 Å². The van der Waals surface area contributed by atoms with E-state index in [1.165, 1.54) is 11.5 Å². The first-order valence-corrected chi connectivity index (χ1v) is 6.34. The first kappa shape index (κ1) is 10.3. The van der Waals surface area contributed by atoms with Gasteiger partial charge in [-0.15, -0.1) is 12.4 Å². The van der Waals surface area contributed by atoms with E-state index >= 15 is 0 Å². The van der Waals surface area contributed by atoms with Crippen LogP contribution in [0.5, 0.6) is 0 Å². The van der Waals surface area contributed by atoms with Gasteiger partial charge in [-0.05, 0) is 16.9 Å². The first-order chi connectivity index (χ1) is 3.93. The van der Waals surface area contributed by atoms with Crippen molar-refractivity contribution in [3.63, 3.8) is 0 Å². The van der Waals surface area contributed by atoms with E-state index in [4.69, 9.17) is 0 Å². The molecule has 0 radical (unpaired) electrons. The highest BCUT2D eigenvalue weighted by Gasteiger charge is 2.11. The average molecular weight is 204 g/mol. The topological polar surface area (TPSA) is 12.0 Å². The molecule has 1 aliphatic rings. The van der Waals surface area contributed by atoms with Gasteiger partial charge in [-0.2, -0.15) is 0 Å². The molecule has 0 aromatic carbocycles. The van der Waals surface area contributed by atoms with Crippen LogP contribution in [-0.4, -0.2) is 24.6 Å². The Labute approximate surface area is 73.7 Å². The molecular formula is C4H10ClNS3. The van der Waals surface area contributed by atoms with Crippen LogP contribution in [0.3, 0.4) is 0 Å². The molecule has 0 unspecified atom stereocenters. The van der Waals surface area contributed by atoms with Crippen molar-refractivity contribution in [3.8, 4) is 0 Å².